The molecule has 2 unspecified atom stereocenters. The van der Waals surface area contributed by atoms with E-state index in [1.807, 2.05) is 25.2 Å². The fourth-order valence-electron chi connectivity index (χ4n) is 2.40. The number of amides is 1. The largest absolute Gasteiger partial charge is 0.355 e. The number of hydrogen-bond acceptors (Lipinski definition) is 3. The molecule has 1 aliphatic carbocycles. The Balaban J connectivity index is 2.04. The average molecular weight is 331 g/mol. The molecule has 0 bridgehead atoms. The van der Waals surface area contributed by atoms with Gasteiger partial charge in [-0.15, -0.1) is 11.3 Å². The summed E-state index contributed by atoms with van der Waals surface area (Å²) < 4.78 is 1.19. The molecule has 0 fully saturated rings. The van der Waals surface area contributed by atoms with Crippen LogP contribution in [-0.4, -0.2) is 18.5 Å². The minimum Gasteiger partial charge on any atom is -0.355 e. The predicted octanol–water partition coefficient (Wildman–Crippen LogP) is 3.00. The van der Waals surface area contributed by atoms with Crippen LogP contribution in [0.3, 0.4) is 0 Å². The number of fused-ring (bicyclic) bond motifs is 1. The Labute approximate surface area is 120 Å². The number of carbonyl (C=O) groups excluding carboxylic acids is 1. The molecule has 0 aliphatic heterocycles. The zero-order chi connectivity index (χ0) is 13.1. The van der Waals surface area contributed by atoms with Crippen molar-refractivity contribution in [3.05, 3.63) is 20.3 Å². The SMILES string of the molecule is CCNC(=O)C(C)NC1CCCc2sc(Br)cc21. The molecule has 18 heavy (non-hydrogen) atoms. The van der Waals surface area contributed by atoms with Crippen LogP contribution in [0.25, 0.3) is 0 Å². The number of aryl methyl sites for hydroxylation is 1. The lowest BCUT2D eigenvalue weighted by Crippen LogP contribution is -2.44. The van der Waals surface area contributed by atoms with Crippen LogP contribution in [0.1, 0.15) is 43.2 Å². The lowest BCUT2D eigenvalue weighted by Gasteiger charge is -2.26. The summed E-state index contributed by atoms with van der Waals surface area (Å²) in [7, 11) is 0. The molecule has 1 aromatic heterocycles. The van der Waals surface area contributed by atoms with Crippen molar-refractivity contribution in [1.29, 1.82) is 0 Å². The summed E-state index contributed by atoms with van der Waals surface area (Å²) in [5, 5.41) is 6.30. The second kappa shape index (κ2) is 6.17. The summed E-state index contributed by atoms with van der Waals surface area (Å²) in [5.41, 5.74) is 1.37. The molecule has 0 spiro atoms. The fourth-order valence-corrected chi connectivity index (χ4v) is 4.22. The van der Waals surface area contributed by atoms with E-state index < -0.39 is 0 Å². The molecule has 1 aliphatic rings. The molecule has 1 heterocycles. The number of hydrogen-bond donors (Lipinski definition) is 2. The molecular weight excluding hydrogens is 312 g/mol. The Hall–Kier alpha value is -0.390. The molecule has 100 valence electrons. The van der Waals surface area contributed by atoms with Crippen LogP contribution in [-0.2, 0) is 11.2 Å². The first-order chi connectivity index (χ1) is 8.61. The van der Waals surface area contributed by atoms with Crippen LogP contribution >= 0.6 is 27.3 Å². The zero-order valence-corrected chi connectivity index (χ0v) is 13.2. The maximum Gasteiger partial charge on any atom is 0.236 e. The molecule has 0 radical (unpaired) electrons. The van der Waals surface area contributed by atoms with Gasteiger partial charge >= 0.3 is 0 Å². The van der Waals surface area contributed by atoms with Crippen LogP contribution in [0.2, 0.25) is 0 Å². The van der Waals surface area contributed by atoms with Crippen molar-refractivity contribution >= 4 is 33.2 Å². The van der Waals surface area contributed by atoms with Gasteiger partial charge < -0.3 is 5.32 Å². The molecule has 0 aromatic carbocycles. The number of nitrogens with one attached hydrogen (secondary N) is 2. The van der Waals surface area contributed by atoms with Gasteiger partial charge in [0, 0.05) is 17.5 Å². The Morgan fingerprint density at radius 1 is 1.67 bits per heavy atom. The smallest absolute Gasteiger partial charge is 0.236 e. The molecule has 1 aromatic rings. The number of halogens is 1. The molecule has 0 saturated carbocycles. The first-order valence-electron chi connectivity index (χ1n) is 6.43. The van der Waals surface area contributed by atoms with Gasteiger partial charge in [0.2, 0.25) is 5.91 Å². The van der Waals surface area contributed by atoms with E-state index in [-0.39, 0.29) is 11.9 Å². The van der Waals surface area contributed by atoms with Gasteiger partial charge in [0.25, 0.3) is 0 Å². The van der Waals surface area contributed by atoms with Crippen molar-refractivity contribution in [1.82, 2.24) is 10.6 Å². The summed E-state index contributed by atoms with van der Waals surface area (Å²) in [5.74, 6) is 0.0823. The van der Waals surface area contributed by atoms with Crippen LogP contribution in [0.5, 0.6) is 0 Å². The summed E-state index contributed by atoms with van der Waals surface area (Å²) in [4.78, 5) is 13.2. The van der Waals surface area contributed by atoms with E-state index in [0.717, 1.165) is 6.42 Å². The van der Waals surface area contributed by atoms with Gasteiger partial charge in [-0.1, -0.05) is 0 Å². The predicted molar refractivity (Wildman–Crippen MR) is 79.0 cm³/mol. The monoisotopic (exact) mass is 330 g/mol. The van der Waals surface area contributed by atoms with Crippen molar-refractivity contribution in [2.75, 3.05) is 6.54 Å². The highest BCUT2D eigenvalue weighted by Crippen LogP contribution is 2.38. The number of likely N-dealkylation sites (N-methyl/N-ethyl adjacent to an activating group) is 1. The van der Waals surface area contributed by atoms with Crippen LogP contribution in [0.15, 0.2) is 9.85 Å². The molecule has 2 N–H and O–H groups in total. The van der Waals surface area contributed by atoms with Crippen molar-refractivity contribution < 1.29 is 4.79 Å². The van der Waals surface area contributed by atoms with Crippen molar-refractivity contribution in [3.63, 3.8) is 0 Å². The van der Waals surface area contributed by atoms with Crippen LogP contribution < -0.4 is 10.6 Å². The zero-order valence-electron chi connectivity index (χ0n) is 10.8. The van der Waals surface area contributed by atoms with E-state index in [4.69, 9.17) is 0 Å². The number of thiophene rings is 1. The first kappa shape index (κ1) is 14.0. The third kappa shape index (κ3) is 3.13. The van der Waals surface area contributed by atoms with Gasteiger partial charge in [-0.3, -0.25) is 10.1 Å². The van der Waals surface area contributed by atoms with Crippen LogP contribution in [0.4, 0.5) is 0 Å². The molecule has 2 atom stereocenters. The van der Waals surface area contributed by atoms with E-state index in [2.05, 4.69) is 32.6 Å². The van der Waals surface area contributed by atoms with E-state index in [1.165, 1.54) is 27.1 Å². The quantitative estimate of drug-likeness (QED) is 0.890. The van der Waals surface area contributed by atoms with E-state index in [9.17, 15) is 4.79 Å². The molecule has 5 heteroatoms. The Morgan fingerprint density at radius 3 is 3.17 bits per heavy atom. The second-order valence-electron chi connectivity index (χ2n) is 4.66. The van der Waals surface area contributed by atoms with Crippen molar-refractivity contribution in [3.8, 4) is 0 Å². The third-order valence-corrected chi connectivity index (χ3v) is 4.99. The number of rotatable bonds is 4. The summed E-state index contributed by atoms with van der Waals surface area (Å²) in [6.07, 6.45) is 3.47. The summed E-state index contributed by atoms with van der Waals surface area (Å²) in [6.45, 7) is 4.56. The van der Waals surface area contributed by atoms with Gasteiger partial charge in [0.1, 0.15) is 0 Å². The van der Waals surface area contributed by atoms with E-state index in [0.29, 0.717) is 12.6 Å². The highest BCUT2D eigenvalue weighted by Gasteiger charge is 2.25. The normalized spacial score (nSPS) is 20.3. The minimum atomic E-state index is -0.139. The van der Waals surface area contributed by atoms with E-state index >= 15 is 0 Å². The molecule has 2 rings (SSSR count). The minimum absolute atomic E-state index is 0.0823. The third-order valence-electron chi connectivity index (χ3n) is 3.28. The molecule has 1 amide bonds. The van der Waals surface area contributed by atoms with Gasteiger partial charge in [-0.05, 0) is 60.7 Å². The molecule has 3 nitrogen and oxygen atoms in total. The lowest BCUT2D eigenvalue weighted by atomic mass is 9.93. The average Bonchev–Trinajstić information content (AvgIpc) is 2.71. The molecule has 0 saturated heterocycles. The standard InChI is InChI=1S/C13H19BrN2OS/c1-3-15-13(17)8(2)16-10-5-4-6-11-9(10)7-12(14)18-11/h7-8,10,16H,3-6H2,1-2H3,(H,15,17). The van der Waals surface area contributed by atoms with Gasteiger partial charge in [0.15, 0.2) is 0 Å². The van der Waals surface area contributed by atoms with Crippen molar-refractivity contribution in [2.45, 2.75) is 45.2 Å². The maximum absolute atomic E-state index is 11.8. The van der Waals surface area contributed by atoms with Crippen LogP contribution in [0, 0.1) is 0 Å². The highest BCUT2D eigenvalue weighted by atomic mass is 79.9. The Bertz CT molecular complexity index is 433. The van der Waals surface area contributed by atoms with Gasteiger partial charge in [0.05, 0.1) is 9.83 Å². The lowest BCUT2D eigenvalue weighted by molar-refractivity contribution is -0.122. The topological polar surface area (TPSA) is 41.1 Å². The second-order valence-corrected chi connectivity index (χ2v) is 7.17. The van der Waals surface area contributed by atoms with Gasteiger partial charge in [-0.25, -0.2) is 0 Å². The van der Waals surface area contributed by atoms with E-state index in [1.54, 1.807) is 0 Å². The first-order valence-corrected chi connectivity index (χ1v) is 8.04. The van der Waals surface area contributed by atoms with Gasteiger partial charge in [-0.2, -0.15) is 0 Å². The van der Waals surface area contributed by atoms with Crippen molar-refractivity contribution in [2.24, 2.45) is 0 Å². The number of carbonyl (C=O) groups is 1. The highest BCUT2D eigenvalue weighted by molar-refractivity contribution is 9.11. The Kier molecular flexibility index (Phi) is 4.81. The summed E-state index contributed by atoms with van der Waals surface area (Å²) >= 11 is 5.37. The molecular formula is C13H19BrN2OS. The summed E-state index contributed by atoms with van der Waals surface area (Å²) in [6, 6.07) is 2.37. The fraction of sp³-hybridized carbons (Fsp3) is 0.615. The Morgan fingerprint density at radius 2 is 2.44 bits per heavy atom. The maximum atomic E-state index is 11.8.